The summed E-state index contributed by atoms with van der Waals surface area (Å²) in [6.45, 7) is 3.91. The third kappa shape index (κ3) is 1.83. The Morgan fingerprint density at radius 3 is 2.78 bits per heavy atom. The van der Waals surface area contributed by atoms with Crippen LogP contribution in [-0.4, -0.2) is 19.7 Å². The normalized spacial score (nSPS) is 11.9. The van der Waals surface area contributed by atoms with Crippen LogP contribution in [-0.2, 0) is 0 Å². The highest BCUT2D eigenvalue weighted by molar-refractivity contribution is 14.2. The van der Waals surface area contributed by atoms with E-state index in [1.807, 2.05) is 24.4 Å². The lowest BCUT2D eigenvalue weighted by Crippen LogP contribution is -1.89. The maximum absolute atomic E-state index is 4.96. The number of rotatable bonds is 2. The zero-order valence-corrected chi connectivity index (χ0v) is 13.0. The first-order chi connectivity index (χ1) is 8.70. The quantitative estimate of drug-likeness (QED) is 0.511. The van der Waals surface area contributed by atoms with Gasteiger partial charge in [-0.1, -0.05) is 5.16 Å². The van der Waals surface area contributed by atoms with E-state index >= 15 is 0 Å². The maximum atomic E-state index is 4.96. The molecule has 0 aliphatic carbocycles. The fourth-order valence-corrected chi connectivity index (χ4v) is 3.34. The number of pyridine rings is 1. The molecule has 1 unspecified atom stereocenters. The van der Waals surface area contributed by atoms with E-state index in [0.717, 1.165) is 33.7 Å². The molecule has 0 amide bonds. The molecule has 92 valence electrons. The molecule has 0 aliphatic rings. The highest BCUT2D eigenvalue weighted by atomic mass is 127. The Hall–Kier alpha value is -1.01. The minimum Gasteiger partial charge on any atom is -0.364 e. The molecule has 0 saturated heterocycles. The minimum atomic E-state index is 0.537. The summed E-state index contributed by atoms with van der Waals surface area (Å²) >= 11 is 2.30. The van der Waals surface area contributed by atoms with Gasteiger partial charge in [0.25, 0.3) is 0 Å². The van der Waals surface area contributed by atoms with Gasteiger partial charge in [0.15, 0.2) is 5.65 Å². The van der Waals surface area contributed by atoms with E-state index in [1.165, 1.54) is 0 Å². The summed E-state index contributed by atoms with van der Waals surface area (Å²) in [6.07, 6.45) is 2.17. The van der Waals surface area contributed by atoms with E-state index in [2.05, 4.69) is 43.3 Å². The Morgan fingerprint density at radius 1 is 1.28 bits per heavy atom. The molecule has 0 aliphatic heterocycles. The van der Waals surface area contributed by atoms with Crippen molar-refractivity contribution in [1.82, 2.24) is 19.7 Å². The van der Waals surface area contributed by atoms with Gasteiger partial charge in [0.1, 0.15) is 6.26 Å². The summed E-state index contributed by atoms with van der Waals surface area (Å²) < 4.78 is 6.89. The van der Waals surface area contributed by atoms with Gasteiger partial charge in [-0.15, -0.1) is 0 Å². The first-order valence-corrected chi connectivity index (χ1v) is 9.41. The number of aryl methyl sites for hydroxylation is 2. The Morgan fingerprint density at radius 2 is 2.11 bits per heavy atom. The number of fused-ring (bicyclic) bond motifs is 1. The second-order valence-electron chi connectivity index (χ2n) is 3.96. The molecule has 0 aromatic carbocycles. The number of nitrogens with zero attached hydrogens (tertiary/aromatic N) is 4. The Kier molecular flexibility index (Phi) is 3.07. The van der Waals surface area contributed by atoms with Gasteiger partial charge in [-0.05, 0) is 48.0 Å². The van der Waals surface area contributed by atoms with Gasteiger partial charge >= 0.3 is 0 Å². The average Bonchev–Trinajstić information content (AvgIpc) is 2.93. The van der Waals surface area contributed by atoms with Crippen LogP contribution in [0, 0.1) is 13.8 Å². The summed E-state index contributed by atoms with van der Waals surface area (Å²) in [5.74, 6) is 0. The molecule has 3 aromatic rings. The zero-order valence-electron chi connectivity index (χ0n) is 9.81. The van der Waals surface area contributed by atoms with E-state index in [4.69, 9.17) is 4.52 Å². The molecule has 0 bridgehead atoms. The smallest absolute Gasteiger partial charge is 0.162 e. The highest BCUT2D eigenvalue weighted by Gasteiger charge is 2.12. The number of hydrogen-bond donors (Lipinski definition) is 0. The van der Waals surface area contributed by atoms with Crippen molar-refractivity contribution in [3.63, 3.8) is 0 Å². The fraction of sp³-hybridized carbons (Fsp3) is 0.182. The van der Waals surface area contributed by atoms with Gasteiger partial charge in [0.2, 0.25) is 0 Å². The third-order valence-electron chi connectivity index (χ3n) is 2.82. The highest BCUT2D eigenvalue weighted by Crippen LogP contribution is 2.31. The van der Waals surface area contributed by atoms with Gasteiger partial charge in [-0.2, -0.15) is 5.10 Å². The summed E-state index contributed by atoms with van der Waals surface area (Å²) in [5, 5.41) is 9.45. The first-order valence-electron chi connectivity index (χ1n) is 5.35. The molecular formula is C11H10IN4OP. The van der Waals surface area contributed by atoms with E-state index < -0.39 is 0 Å². The second kappa shape index (κ2) is 4.59. The van der Waals surface area contributed by atoms with E-state index in [0.29, 0.717) is 6.37 Å². The van der Waals surface area contributed by atoms with Crippen LogP contribution in [0.25, 0.3) is 22.3 Å². The molecule has 0 spiro atoms. The standard InChI is InChI=1S/C11H10IN4OP/c1-6-8-3-4-10(9-5-17-15-7(9)2)13-11(8)16(14-6)18-12/h3-5,18H,1-2H3. The van der Waals surface area contributed by atoms with Crippen LogP contribution in [0.2, 0.25) is 0 Å². The van der Waals surface area contributed by atoms with Crippen LogP contribution >= 0.6 is 28.4 Å². The molecule has 7 heteroatoms. The predicted molar refractivity (Wildman–Crippen MR) is 80.2 cm³/mol. The van der Waals surface area contributed by atoms with Crippen molar-refractivity contribution in [3.8, 4) is 11.3 Å². The number of hydrogen-bond acceptors (Lipinski definition) is 4. The summed E-state index contributed by atoms with van der Waals surface area (Å²) in [7, 11) is 0. The zero-order chi connectivity index (χ0) is 12.7. The molecule has 5 nitrogen and oxygen atoms in total. The molecule has 3 heterocycles. The average molecular weight is 372 g/mol. The summed E-state index contributed by atoms with van der Waals surface area (Å²) in [5.41, 5.74) is 4.58. The molecule has 3 rings (SSSR count). The number of halogens is 1. The van der Waals surface area contributed by atoms with Crippen molar-refractivity contribution in [2.24, 2.45) is 0 Å². The topological polar surface area (TPSA) is 56.7 Å². The van der Waals surface area contributed by atoms with Crippen LogP contribution in [0.15, 0.2) is 22.9 Å². The molecule has 0 N–H and O–H groups in total. The van der Waals surface area contributed by atoms with Crippen molar-refractivity contribution in [3.05, 3.63) is 29.8 Å². The predicted octanol–water partition coefficient (Wildman–Crippen LogP) is 3.49. The van der Waals surface area contributed by atoms with Crippen LogP contribution in [0.1, 0.15) is 11.4 Å². The minimum absolute atomic E-state index is 0.537. The maximum Gasteiger partial charge on any atom is 0.162 e. The fourth-order valence-electron chi connectivity index (χ4n) is 1.89. The molecule has 1 atom stereocenters. The monoisotopic (exact) mass is 372 g/mol. The van der Waals surface area contributed by atoms with Gasteiger partial charge in [-0.25, -0.2) is 9.44 Å². The van der Waals surface area contributed by atoms with Crippen LogP contribution in [0.4, 0.5) is 0 Å². The molecule has 18 heavy (non-hydrogen) atoms. The van der Waals surface area contributed by atoms with Crippen molar-refractivity contribution in [1.29, 1.82) is 0 Å². The second-order valence-corrected chi connectivity index (χ2v) is 6.00. The number of aromatic nitrogens is 4. The van der Waals surface area contributed by atoms with Crippen molar-refractivity contribution < 1.29 is 4.52 Å². The van der Waals surface area contributed by atoms with E-state index in [-0.39, 0.29) is 0 Å². The van der Waals surface area contributed by atoms with E-state index in [1.54, 1.807) is 6.26 Å². The lowest BCUT2D eigenvalue weighted by atomic mass is 10.1. The SMILES string of the molecule is Cc1nocc1-c1ccc2c(C)nn(PI)c2n1. The lowest BCUT2D eigenvalue weighted by Gasteiger charge is -2.00. The van der Waals surface area contributed by atoms with Gasteiger partial charge < -0.3 is 4.52 Å². The largest absolute Gasteiger partial charge is 0.364 e. The van der Waals surface area contributed by atoms with Gasteiger partial charge in [-0.3, -0.25) is 0 Å². The molecule has 0 fully saturated rings. The molecule has 0 saturated carbocycles. The Bertz CT molecular complexity index is 721. The Labute approximate surface area is 118 Å². The van der Waals surface area contributed by atoms with Crippen LogP contribution < -0.4 is 0 Å². The van der Waals surface area contributed by atoms with Crippen molar-refractivity contribution in [2.45, 2.75) is 13.8 Å². The van der Waals surface area contributed by atoms with Crippen LogP contribution in [0.5, 0.6) is 0 Å². The summed E-state index contributed by atoms with van der Waals surface area (Å²) in [4.78, 5) is 4.67. The summed E-state index contributed by atoms with van der Waals surface area (Å²) in [6, 6.07) is 4.04. The first kappa shape index (κ1) is 12.0. The van der Waals surface area contributed by atoms with Crippen LogP contribution in [0.3, 0.4) is 0 Å². The van der Waals surface area contributed by atoms with Crippen molar-refractivity contribution >= 4 is 39.4 Å². The van der Waals surface area contributed by atoms with Gasteiger partial charge in [0, 0.05) is 5.39 Å². The van der Waals surface area contributed by atoms with Gasteiger partial charge in [0.05, 0.1) is 29.0 Å². The van der Waals surface area contributed by atoms with E-state index in [9.17, 15) is 0 Å². The third-order valence-corrected chi connectivity index (χ3v) is 4.66. The lowest BCUT2D eigenvalue weighted by molar-refractivity contribution is 0.415. The van der Waals surface area contributed by atoms with Crippen molar-refractivity contribution in [2.75, 3.05) is 0 Å². The molecule has 0 radical (unpaired) electrons. The molecule has 3 aromatic heterocycles. The molecular weight excluding hydrogens is 362 g/mol. The Balaban J connectivity index is 2.25.